The van der Waals surface area contributed by atoms with Crippen LogP contribution in [0.1, 0.15) is 42.5 Å². The Hall–Kier alpha value is -1.51. The molecular weight excluding hydrogens is 224 g/mol. The molecular formula is C15H22N2O. The lowest BCUT2D eigenvalue weighted by Crippen LogP contribution is -2.25. The minimum atomic E-state index is 0.0376. The summed E-state index contributed by atoms with van der Waals surface area (Å²) >= 11 is 0. The molecule has 0 radical (unpaired) electrons. The second-order valence-corrected chi connectivity index (χ2v) is 5.02. The van der Waals surface area contributed by atoms with Crippen molar-refractivity contribution in [2.45, 2.75) is 32.1 Å². The molecule has 3 heteroatoms. The van der Waals surface area contributed by atoms with Crippen LogP contribution in [0.2, 0.25) is 0 Å². The zero-order chi connectivity index (χ0) is 12.8. The number of amides is 1. The Bertz CT molecular complexity index is 380. The third-order valence-electron chi connectivity index (χ3n) is 3.75. The van der Waals surface area contributed by atoms with E-state index in [1.807, 2.05) is 31.3 Å². The Morgan fingerprint density at radius 3 is 2.50 bits per heavy atom. The van der Waals surface area contributed by atoms with Gasteiger partial charge in [-0.15, -0.1) is 0 Å². The first-order valence-electron chi connectivity index (χ1n) is 6.85. The highest BCUT2D eigenvalue weighted by Gasteiger charge is 2.14. The molecule has 1 aromatic carbocycles. The number of nitrogens with one attached hydrogen (secondary N) is 2. The summed E-state index contributed by atoms with van der Waals surface area (Å²) in [4.78, 5) is 11.9. The monoisotopic (exact) mass is 246 g/mol. The SMILES string of the molecule is CNc1ccc(C(=O)NCCC2CCCC2)cc1. The van der Waals surface area contributed by atoms with E-state index >= 15 is 0 Å². The van der Waals surface area contributed by atoms with Gasteiger partial charge in [-0.3, -0.25) is 4.79 Å². The van der Waals surface area contributed by atoms with Crippen LogP contribution in [0.15, 0.2) is 24.3 Å². The van der Waals surface area contributed by atoms with E-state index < -0.39 is 0 Å². The van der Waals surface area contributed by atoms with Crippen molar-refractivity contribution in [1.29, 1.82) is 0 Å². The Kier molecular flexibility index (Phi) is 4.62. The molecule has 18 heavy (non-hydrogen) atoms. The molecule has 0 heterocycles. The van der Waals surface area contributed by atoms with Gasteiger partial charge >= 0.3 is 0 Å². The van der Waals surface area contributed by atoms with Gasteiger partial charge in [0.2, 0.25) is 0 Å². The van der Waals surface area contributed by atoms with E-state index in [1.165, 1.54) is 25.7 Å². The smallest absolute Gasteiger partial charge is 0.251 e. The fourth-order valence-corrected chi connectivity index (χ4v) is 2.58. The molecule has 0 aromatic heterocycles. The molecule has 1 aliphatic rings. The van der Waals surface area contributed by atoms with E-state index in [0.717, 1.165) is 30.1 Å². The van der Waals surface area contributed by atoms with Gasteiger partial charge in [-0.05, 0) is 36.6 Å². The highest BCUT2D eigenvalue weighted by atomic mass is 16.1. The van der Waals surface area contributed by atoms with E-state index in [1.54, 1.807) is 0 Å². The molecule has 3 nitrogen and oxygen atoms in total. The average molecular weight is 246 g/mol. The van der Waals surface area contributed by atoms with Gasteiger partial charge in [-0.25, -0.2) is 0 Å². The number of carbonyl (C=O) groups excluding carboxylic acids is 1. The maximum absolute atomic E-state index is 11.9. The van der Waals surface area contributed by atoms with E-state index in [4.69, 9.17) is 0 Å². The molecule has 1 fully saturated rings. The van der Waals surface area contributed by atoms with Crippen molar-refractivity contribution in [3.05, 3.63) is 29.8 Å². The van der Waals surface area contributed by atoms with E-state index in [9.17, 15) is 4.79 Å². The number of anilines is 1. The summed E-state index contributed by atoms with van der Waals surface area (Å²) in [5.74, 6) is 0.868. The Labute approximate surface area is 109 Å². The molecule has 1 aromatic rings. The van der Waals surface area contributed by atoms with Gasteiger partial charge in [0.15, 0.2) is 0 Å². The van der Waals surface area contributed by atoms with E-state index in [0.29, 0.717) is 0 Å². The molecule has 1 amide bonds. The molecule has 2 N–H and O–H groups in total. The van der Waals surface area contributed by atoms with Crippen LogP contribution < -0.4 is 10.6 Å². The largest absolute Gasteiger partial charge is 0.388 e. The first-order valence-corrected chi connectivity index (χ1v) is 6.85. The van der Waals surface area contributed by atoms with Crippen LogP contribution in [-0.4, -0.2) is 19.5 Å². The maximum Gasteiger partial charge on any atom is 0.251 e. The van der Waals surface area contributed by atoms with Crippen LogP contribution in [-0.2, 0) is 0 Å². The maximum atomic E-state index is 11.9. The van der Waals surface area contributed by atoms with Crippen molar-refractivity contribution in [3.8, 4) is 0 Å². The van der Waals surface area contributed by atoms with Gasteiger partial charge in [0, 0.05) is 24.8 Å². The lowest BCUT2D eigenvalue weighted by molar-refractivity contribution is 0.0951. The third kappa shape index (κ3) is 3.49. The fraction of sp³-hybridized carbons (Fsp3) is 0.533. The molecule has 0 bridgehead atoms. The molecule has 98 valence electrons. The van der Waals surface area contributed by atoms with Gasteiger partial charge in [-0.1, -0.05) is 25.7 Å². The minimum absolute atomic E-state index is 0.0376. The van der Waals surface area contributed by atoms with Crippen LogP contribution >= 0.6 is 0 Å². The van der Waals surface area contributed by atoms with Crippen molar-refractivity contribution >= 4 is 11.6 Å². The zero-order valence-electron chi connectivity index (χ0n) is 11.0. The number of rotatable bonds is 5. The first-order chi connectivity index (χ1) is 8.79. The van der Waals surface area contributed by atoms with Gasteiger partial charge in [-0.2, -0.15) is 0 Å². The van der Waals surface area contributed by atoms with Crippen LogP contribution in [0.3, 0.4) is 0 Å². The fourth-order valence-electron chi connectivity index (χ4n) is 2.58. The van der Waals surface area contributed by atoms with Crippen molar-refractivity contribution in [2.75, 3.05) is 18.9 Å². The van der Waals surface area contributed by atoms with E-state index in [-0.39, 0.29) is 5.91 Å². The summed E-state index contributed by atoms with van der Waals surface area (Å²) in [6.45, 7) is 0.803. The molecule has 0 atom stereocenters. The molecule has 0 aliphatic heterocycles. The second kappa shape index (κ2) is 6.43. The highest BCUT2D eigenvalue weighted by Crippen LogP contribution is 2.26. The predicted molar refractivity (Wildman–Crippen MR) is 74.9 cm³/mol. The lowest BCUT2D eigenvalue weighted by atomic mass is 10.0. The predicted octanol–water partition coefficient (Wildman–Crippen LogP) is 3.04. The standard InChI is InChI=1S/C15H22N2O/c1-16-14-8-6-13(7-9-14)15(18)17-11-10-12-4-2-3-5-12/h6-9,12,16H,2-5,10-11H2,1H3,(H,17,18). The molecule has 1 aliphatic carbocycles. The topological polar surface area (TPSA) is 41.1 Å². The third-order valence-corrected chi connectivity index (χ3v) is 3.75. The lowest BCUT2D eigenvalue weighted by Gasteiger charge is -2.10. The summed E-state index contributed by atoms with van der Waals surface area (Å²) < 4.78 is 0. The van der Waals surface area contributed by atoms with Crippen LogP contribution in [0.25, 0.3) is 0 Å². The quantitative estimate of drug-likeness (QED) is 0.838. The molecule has 0 unspecified atom stereocenters. The Morgan fingerprint density at radius 1 is 1.22 bits per heavy atom. The van der Waals surface area contributed by atoms with Crippen molar-refractivity contribution in [1.82, 2.24) is 5.32 Å². The van der Waals surface area contributed by atoms with Crippen LogP contribution in [0.5, 0.6) is 0 Å². The number of carbonyl (C=O) groups is 1. The summed E-state index contributed by atoms with van der Waals surface area (Å²) in [6.07, 6.45) is 6.54. The van der Waals surface area contributed by atoms with Crippen molar-refractivity contribution in [3.63, 3.8) is 0 Å². The van der Waals surface area contributed by atoms with Gasteiger partial charge in [0.05, 0.1) is 0 Å². The Morgan fingerprint density at radius 2 is 1.89 bits per heavy atom. The van der Waals surface area contributed by atoms with E-state index in [2.05, 4.69) is 10.6 Å². The molecule has 0 spiro atoms. The van der Waals surface area contributed by atoms with Gasteiger partial charge in [0.25, 0.3) is 5.91 Å². The number of hydrogen-bond acceptors (Lipinski definition) is 2. The zero-order valence-corrected chi connectivity index (χ0v) is 11.0. The summed E-state index contributed by atoms with van der Waals surface area (Å²) in [7, 11) is 1.87. The number of benzene rings is 1. The normalized spacial score (nSPS) is 15.6. The second-order valence-electron chi connectivity index (χ2n) is 5.02. The minimum Gasteiger partial charge on any atom is -0.388 e. The van der Waals surface area contributed by atoms with Crippen molar-refractivity contribution < 1.29 is 4.79 Å². The number of hydrogen-bond donors (Lipinski definition) is 2. The van der Waals surface area contributed by atoms with Crippen LogP contribution in [0.4, 0.5) is 5.69 Å². The summed E-state index contributed by atoms with van der Waals surface area (Å²) in [5, 5.41) is 6.05. The Balaban J connectivity index is 1.76. The van der Waals surface area contributed by atoms with Crippen LogP contribution in [0, 0.1) is 5.92 Å². The summed E-state index contributed by atoms with van der Waals surface area (Å²) in [5.41, 5.74) is 1.76. The van der Waals surface area contributed by atoms with Gasteiger partial charge < -0.3 is 10.6 Å². The average Bonchev–Trinajstić information content (AvgIpc) is 2.92. The first kappa shape index (κ1) is 12.9. The molecule has 1 saturated carbocycles. The molecule has 2 rings (SSSR count). The molecule has 0 saturated heterocycles. The van der Waals surface area contributed by atoms with Crippen molar-refractivity contribution in [2.24, 2.45) is 5.92 Å². The highest BCUT2D eigenvalue weighted by molar-refractivity contribution is 5.94. The summed E-state index contributed by atoms with van der Waals surface area (Å²) in [6, 6.07) is 7.56. The van der Waals surface area contributed by atoms with Gasteiger partial charge in [0.1, 0.15) is 0 Å².